The molecule has 1 aliphatic rings. The van der Waals surface area contributed by atoms with E-state index in [4.69, 9.17) is 4.74 Å². The van der Waals surface area contributed by atoms with Gasteiger partial charge in [-0.05, 0) is 52.1 Å². The van der Waals surface area contributed by atoms with Crippen LogP contribution in [-0.2, 0) is 9.53 Å². The SMILES string of the molecule is CCCCCCCCCCCCCCCCCCCC(C1CC1CCCCCCCC(=O)OCC)N(C)C. The number of rotatable bonds is 29. The minimum Gasteiger partial charge on any atom is -0.466 e. The third-order valence-electron chi connectivity index (χ3n) is 9.00. The smallest absolute Gasteiger partial charge is 0.305 e. The Morgan fingerprint density at radius 2 is 1.11 bits per heavy atom. The molecule has 3 unspecified atom stereocenters. The van der Waals surface area contributed by atoms with Crippen LogP contribution in [0.1, 0.15) is 181 Å². The molecule has 0 heterocycles. The molecule has 38 heavy (non-hydrogen) atoms. The van der Waals surface area contributed by atoms with E-state index in [1.807, 2.05) is 6.92 Å². The van der Waals surface area contributed by atoms with Crippen LogP contribution in [0.15, 0.2) is 0 Å². The average Bonchev–Trinajstić information content (AvgIpc) is 3.66. The molecule has 0 radical (unpaired) electrons. The van der Waals surface area contributed by atoms with Crippen molar-refractivity contribution in [2.45, 2.75) is 187 Å². The largest absolute Gasteiger partial charge is 0.466 e. The fourth-order valence-corrected chi connectivity index (χ4v) is 6.45. The van der Waals surface area contributed by atoms with E-state index in [9.17, 15) is 4.79 Å². The van der Waals surface area contributed by atoms with Crippen LogP contribution < -0.4 is 0 Å². The number of esters is 1. The Balaban J connectivity index is 1.89. The third kappa shape index (κ3) is 20.3. The van der Waals surface area contributed by atoms with Crippen molar-refractivity contribution in [2.24, 2.45) is 11.8 Å². The van der Waals surface area contributed by atoms with Gasteiger partial charge >= 0.3 is 5.97 Å². The average molecular weight is 536 g/mol. The zero-order valence-electron chi connectivity index (χ0n) is 26.6. The summed E-state index contributed by atoms with van der Waals surface area (Å²) in [7, 11) is 4.61. The van der Waals surface area contributed by atoms with Gasteiger partial charge in [0.2, 0.25) is 0 Å². The molecule has 226 valence electrons. The Morgan fingerprint density at radius 3 is 1.58 bits per heavy atom. The second-order valence-corrected chi connectivity index (χ2v) is 12.7. The standard InChI is InChI=1S/C35H69NO2/c1-5-7-8-9-10-11-12-13-14-15-16-17-18-19-20-23-26-29-34(36(3)4)33-31-32(33)28-25-22-21-24-27-30-35(37)38-6-2/h32-34H,5-31H2,1-4H3. The molecule has 0 aromatic carbocycles. The first kappa shape index (κ1) is 35.5. The second-order valence-electron chi connectivity index (χ2n) is 12.7. The minimum atomic E-state index is -0.0253. The van der Waals surface area contributed by atoms with Crippen LogP contribution in [0.5, 0.6) is 0 Å². The minimum absolute atomic E-state index is 0.0253. The van der Waals surface area contributed by atoms with Gasteiger partial charge < -0.3 is 9.64 Å². The van der Waals surface area contributed by atoms with E-state index in [2.05, 4.69) is 25.9 Å². The van der Waals surface area contributed by atoms with Crippen molar-refractivity contribution < 1.29 is 9.53 Å². The van der Waals surface area contributed by atoms with Gasteiger partial charge in [-0.1, -0.05) is 148 Å². The highest BCUT2D eigenvalue weighted by atomic mass is 16.5. The van der Waals surface area contributed by atoms with E-state index in [0.29, 0.717) is 13.0 Å². The molecule has 0 bridgehead atoms. The molecular formula is C35H69NO2. The molecule has 0 aliphatic heterocycles. The van der Waals surface area contributed by atoms with Crippen LogP contribution in [0, 0.1) is 11.8 Å². The van der Waals surface area contributed by atoms with Gasteiger partial charge in [0.15, 0.2) is 0 Å². The molecule has 1 fully saturated rings. The van der Waals surface area contributed by atoms with Gasteiger partial charge in [0.05, 0.1) is 6.61 Å². The highest BCUT2D eigenvalue weighted by molar-refractivity contribution is 5.69. The summed E-state index contributed by atoms with van der Waals surface area (Å²) in [5.41, 5.74) is 0. The molecule has 3 heteroatoms. The van der Waals surface area contributed by atoms with E-state index in [1.165, 1.54) is 154 Å². The molecule has 0 saturated heterocycles. The Kier molecular flexibility index (Phi) is 23.7. The summed E-state index contributed by atoms with van der Waals surface area (Å²) in [6.07, 6.45) is 35.7. The summed E-state index contributed by atoms with van der Waals surface area (Å²) in [6, 6.07) is 0.806. The van der Waals surface area contributed by atoms with E-state index in [0.717, 1.165) is 24.3 Å². The predicted octanol–water partition coefficient (Wildman–Crippen LogP) is 10.9. The maximum absolute atomic E-state index is 11.4. The van der Waals surface area contributed by atoms with E-state index in [-0.39, 0.29) is 5.97 Å². The van der Waals surface area contributed by atoms with Crippen LogP contribution in [-0.4, -0.2) is 37.6 Å². The third-order valence-corrected chi connectivity index (χ3v) is 9.00. The summed E-state index contributed by atoms with van der Waals surface area (Å²) in [5.74, 6) is 1.91. The van der Waals surface area contributed by atoms with Crippen molar-refractivity contribution in [3.63, 3.8) is 0 Å². The van der Waals surface area contributed by atoms with E-state index < -0.39 is 0 Å². The Morgan fingerprint density at radius 1 is 0.658 bits per heavy atom. The topological polar surface area (TPSA) is 29.5 Å². The lowest BCUT2D eigenvalue weighted by atomic mass is 9.98. The normalized spacial score (nSPS) is 17.7. The number of hydrogen-bond acceptors (Lipinski definition) is 3. The van der Waals surface area contributed by atoms with Gasteiger partial charge in [0.25, 0.3) is 0 Å². The van der Waals surface area contributed by atoms with Gasteiger partial charge in [-0.3, -0.25) is 4.79 Å². The maximum atomic E-state index is 11.4. The van der Waals surface area contributed by atoms with Crippen molar-refractivity contribution in [1.82, 2.24) is 4.90 Å². The van der Waals surface area contributed by atoms with Crippen molar-refractivity contribution >= 4 is 5.97 Å². The lowest BCUT2D eigenvalue weighted by Crippen LogP contribution is -2.30. The van der Waals surface area contributed by atoms with Gasteiger partial charge in [0.1, 0.15) is 0 Å². The Bertz CT molecular complexity index is 520. The molecule has 1 aliphatic carbocycles. The van der Waals surface area contributed by atoms with Crippen molar-refractivity contribution in [3.05, 3.63) is 0 Å². The first-order chi connectivity index (χ1) is 18.6. The number of nitrogens with zero attached hydrogens (tertiary/aromatic N) is 1. The van der Waals surface area contributed by atoms with Crippen LogP contribution in [0.4, 0.5) is 0 Å². The lowest BCUT2D eigenvalue weighted by Gasteiger charge is -2.25. The molecule has 1 rings (SSSR count). The molecule has 0 aromatic rings. The van der Waals surface area contributed by atoms with Gasteiger partial charge in [-0.25, -0.2) is 0 Å². The molecular weight excluding hydrogens is 466 g/mol. The predicted molar refractivity (Wildman–Crippen MR) is 167 cm³/mol. The first-order valence-corrected chi connectivity index (χ1v) is 17.4. The summed E-state index contributed by atoms with van der Waals surface area (Å²) in [6.45, 7) is 4.69. The number of ether oxygens (including phenoxy) is 1. The van der Waals surface area contributed by atoms with Crippen LogP contribution in [0.2, 0.25) is 0 Å². The van der Waals surface area contributed by atoms with Crippen LogP contribution >= 0.6 is 0 Å². The van der Waals surface area contributed by atoms with Crippen molar-refractivity contribution in [3.8, 4) is 0 Å². The lowest BCUT2D eigenvalue weighted by molar-refractivity contribution is -0.143. The fourth-order valence-electron chi connectivity index (χ4n) is 6.45. The first-order valence-electron chi connectivity index (χ1n) is 17.4. The van der Waals surface area contributed by atoms with Gasteiger partial charge in [0, 0.05) is 12.5 Å². The van der Waals surface area contributed by atoms with Gasteiger partial charge in [-0.2, -0.15) is 0 Å². The quantitative estimate of drug-likeness (QED) is 0.0704. The molecule has 0 amide bonds. The van der Waals surface area contributed by atoms with Crippen molar-refractivity contribution in [1.29, 1.82) is 0 Å². The number of carbonyl (C=O) groups is 1. The van der Waals surface area contributed by atoms with Crippen LogP contribution in [0.3, 0.4) is 0 Å². The zero-order chi connectivity index (χ0) is 27.7. The molecule has 3 atom stereocenters. The number of hydrogen-bond donors (Lipinski definition) is 0. The monoisotopic (exact) mass is 536 g/mol. The zero-order valence-corrected chi connectivity index (χ0v) is 26.6. The maximum Gasteiger partial charge on any atom is 0.305 e. The number of unbranched alkanes of at least 4 members (excludes halogenated alkanes) is 20. The fraction of sp³-hybridized carbons (Fsp3) is 0.971. The molecule has 0 aromatic heterocycles. The highest BCUT2D eigenvalue weighted by Crippen LogP contribution is 2.47. The van der Waals surface area contributed by atoms with Crippen LogP contribution in [0.25, 0.3) is 0 Å². The molecule has 3 nitrogen and oxygen atoms in total. The van der Waals surface area contributed by atoms with E-state index >= 15 is 0 Å². The van der Waals surface area contributed by atoms with Crippen molar-refractivity contribution in [2.75, 3.05) is 20.7 Å². The summed E-state index contributed by atoms with van der Waals surface area (Å²) < 4.78 is 5.01. The molecule has 0 N–H and O–H groups in total. The molecule has 0 spiro atoms. The van der Waals surface area contributed by atoms with E-state index in [1.54, 1.807) is 0 Å². The van der Waals surface area contributed by atoms with Gasteiger partial charge in [-0.15, -0.1) is 0 Å². The Labute approximate surface area is 239 Å². The second kappa shape index (κ2) is 25.4. The molecule has 1 saturated carbocycles. The Hall–Kier alpha value is -0.570. The summed E-state index contributed by atoms with van der Waals surface area (Å²) >= 11 is 0. The summed E-state index contributed by atoms with van der Waals surface area (Å²) in [4.78, 5) is 13.9. The highest BCUT2D eigenvalue weighted by Gasteiger charge is 2.42. The number of carbonyl (C=O) groups excluding carboxylic acids is 1. The summed E-state index contributed by atoms with van der Waals surface area (Å²) in [5, 5.41) is 0.